The van der Waals surface area contributed by atoms with Crippen LogP contribution in [0.3, 0.4) is 0 Å². The first kappa shape index (κ1) is 15.8. The van der Waals surface area contributed by atoms with Crippen molar-refractivity contribution < 1.29 is 19.4 Å². The van der Waals surface area contributed by atoms with Gasteiger partial charge in [-0.05, 0) is 31.5 Å². The molecule has 2 unspecified atom stereocenters. The van der Waals surface area contributed by atoms with Gasteiger partial charge < -0.3 is 15.2 Å². The molecule has 1 aromatic carbocycles. The van der Waals surface area contributed by atoms with Crippen LogP contribution in [0.4, 0.5) is 0 Å². The van der Waals surface area contributed by atoms with Crippen LogP contribution >= 0.6 is 15.9 Å². The third-order valence-electron chi connectivity index (χ3n) is 3.69. The first-order valence-corrected chi connectivity index (χ1v) is 7.64. The Kier molecular flexibility index (Phi) is 4.56. The molecule has 1 aromatic rings. The number of fused-ring (bicyclic) bond motifs is 1. The zero-order chi connectivity index (χ0) is 15.6. The lowest BCUT2D eigenvalue weighted by Gasteiger charge is -2.27. The summed E-state index contributed by atoms with van der Waals surface area (Å²) in [6.07, 6.45) is 1.05. The molecular weight excluding hydrogens is 338 g/mol. The summed E-state index contributed by atoms with van der Waals surface area (Å²) in [5.74, 6) is -1.14. The Labute approximate surface area is 131 Å². The van der Waals surface area contributed by atoms with Gasteiger partial charge in [-0.2, -0.15) is 0 Å². The minimum absolute atomic E-state index is 0.236. The molecule has 0 saturated heterocycles. The molecule has 0 spiro atoms. The molecule has 114 valence electrons. The van der Waals surface area contributed by atoms with E-state index in [0.717, 1.165) is 10.0 Å². The van der Waals surface area contributed by atoms with Gasteiger partial charge in [0.25, 0.3) is 0 Å². The van der Waals surface area contributed by atoms with Crippen LogP contribution < -0.4 is 10.1 Å². The molecule has 1 aliphatic rings. The quantitative estimate of drug-likeness (QED) is 0.851. The molecule has 6 heteroatoms. The zero-order valence-corrected chi connectivity index (χ0v) is 13.6. The Morgan fingerprint density at radius 3 is 2.86 bits per heavy atom. The minimum atomic E-state index is -1.25. The van der Waals surface area contributed by atoms with Crippen molar-refractivity contribution in [2.75, 3.05) is 6.61 Å². The summed E-state index contributed by atoms with van der Waals surface area (Å²) < 4.78 is 6.35. The largest absolute Gasteiger partial charge is 0.492 e. The summed E-state index contributed by atoms with van der Waals surface area (Å²) >= 11 is 3.37. The van der Waals surface area contributed by atoms with E-state index in [-0.39, 0.29) is 12.5 Å². The van der Waals surface area contributed by atoms with Crippen molar-refractivity contribution in [1.82, 2.24) is 5.32 Å². The van der Waals surface area contributed by atoms with Crippen molar-refractivity contribution in [3.63, 3.8) is 0 Å². The molecular formula is C15H18BrNO4. The second kappa shape index (κ2) is 6.05. The lowest BCUT2D eigenvalue weighted by atomic mass is 9.93. The van der Waals surface area contributed by atoms with E-state index in [1.807, 2.05) is 19.1 Å². The predicted molar refractivity (Wildman–Crippen MR) is 81.5 cm³/mol. The number of carboxylic acids is 1. The zero-order valence-electron chi connectivity index (χ0n) is 12.0. The molecule has 5 nitrogen and oxygen atoms in total. The van der Waals surface area contributed by atoms with Crippen molar-refractivity contribution in [2.45, 2.75) is 38.1 Å². The van der Waals surface area contributed by atoms with Crippen LogP contribution in [0.2, 0.25) is 0 Å². The van der Waals surface area contributed by atoms with Gasteiger partial charge in [-0.15, -0.1) is 0 Å². The highest BCUT2D eigenvalue weighted by atomic mass is 79.9. The monoisotopic (exact) mass is 355 g/mol. The van der Waals surface area contributed by atoms with E-state index >= 15 is 0 Å². The van der Waals surface area contributed by atoms with Crippen LogP contribution in [0.15, 0.2) is 22.7 Å². The molecule has 21 heavy (non-hydrogen) atoms. The van der Waals surface area contributed by atoms with E-state index in [1.54, 1.807) is 6.07 Å². The summed E-state index contributed by atoms with van der Waals surface area (Å²) in [4.78, 5) is 23.9. The van der Waals surface area contributed by atoms with E-state index in [2.05, 4.69) is 21.2 Å². The smallest absolute Gasteiger partial charge is 0.329 e. The van der Waals surface area contributed by atoms with E-state index in [9.17, 15) is 14.7 Å². The van der Waals surface area contributed by atoms with Gasteiger partial charge in [-0.25, -0.2) is 4.79 Å². The van der Waals surface area contributed by atoms with Gasteiger partial charge in [0.2, 0.25) is 5.91 Å². The van der Waals surface area contributed by atoms with E-state index < -0.39 is 17.4 Å². The average molecular weight is 356 g/mol. The number of ether oxygens (including phenoxy) is 1. The number of halogens is 1. The Balaban J connectivity index is 2.19. The van der Waals surface area contributed by atoms with Crippen molar-refractivity contribution in [1.29, 1.82) is 0 Å². The molecule has 2 rings (SSSR count). The number of amides is 1. The lowest BCUT2D eigenvalue weighted by molar-refractivity contribution is -0.147. The molecule has 2 N–H and O–H groups in total. The van der Waals surface area contributed by atoms with E-state index in [4.69, 9.17) is 4.74 Å². The summed E-state index contributed by atoms with van der Waals surface area (Å²) in [6.45, 7) is 3.66. The number of aliphatic carboxylic acids is 1. The summed E-state index contributed by atoms with van der Waals surface area (Å²) in [5.41, 5.74) is -0.466. The molecule has 0 bridgehead atoms. The first-order valence-electron chi connectivity index (χ1n) is 6.85. The van der Waals surface area contributed by atoms with E-state index in [1.165, 1.54) is 6.92 Å². The molecule has 0 aliphatic carbocycles. The second-order valence-corrected chi connectivity index (χ2v) is 6.34. The van der Waals surface area contributed by atoms with Gasteiger partial charge in [-0.3, -0.25) is 4.79 Å². The number of hydrogen-bond acceptors (Lipinski definition) is 3. The number of carbonyl (C=O) groups excluding carboxylic acids is 1. The second-order valence-electron chi connectivity index (χ2n) is 5.42. The third-order valence-corrected chi connectivity index (χ3v) is 4.18. The Bertz CT molecular complexity index is 575. The Morgan fingerprint density at radius 2 is 2.24 bits per heavy atom. The maximum atomic E-state index is 12.4. The van der Waals surface area contributed by atoms with Gasteiger partial charge in [0.15, 0.2) is 0 Å². The molecule has 0 radical (unpaired) electrons. The summed E-state index contributed by atoms with van der Waals surface area (Å²) in [7, 11) is 0. The fourth-order valence-corrected chi connectivity index (χ4v) is 2.86. The molecule has 1 amide bonds. The van der Waals surface area contributed by atoms with Gasteiger partial charge in [0.05, 0.1) is 0 Å². The molecule has 1 heterocycles. The third kappa shape index (κ3) is 3.20. The van der Waals surface area contributed by atoms with Gasteiger partial charge >= 0.3 is 5.97 Å². The molecule has 0 aromatic heterocycles. The van der Waals surface area contributed by atoms with Crippen LogP contribution in [-0.2, 0) is 9.59 Å². The van der Waals surface area contributed by atoms with Crippen molar-refractivity contribution in [2.24, 2.45) is 0 Å². The SMILES string of the molecule is CCCC(C)(NC(=O)C1COc2ccc(Br)cc21)C(=O)O. The fraction of sp³-hybridized carbons (Fsp3) is 0.467. The average Bonchev–Trinajstić information content (AvgIpc) is 2.81. The number of hydrogen-bond donors (Lipinski definition) is 2. The summed E-state index contributed by atoms with van der Waals surface area (Å²) in [5, 5.41) is 12.0. The normalized spacial score (nSPS) is 19.3. The topological polar surface area (TPSA) is 75.6 Å². The van der Waals surface area contributed by atoms with Crippen LogP contribution in [0.25, 0.3) is 0 Å². The number of benzene rings is 1. The highest BCUT2D eigenvalue weighted by molar-refractivity contribution is 9.10. The maximum Gasteiger partial charge on any atom is 0.329 e. The first-order chi connectivity index (χ1) is 9.87. The molecule has 0 saturated carbocycles. The lowest BCUT2D eigenvalue weighted by Crippen LogP contribution is -2.53. The van der Waals surface area contributed by atoms with Crippen LogP contribution in [0.1, 0.15) is 38.2 Å². The highest BCUT2D eigenvalue weighted by Crippen LogP contribution is 2.36. The molecule has 0 fully saturated rings. The summed E-state index contributed by atoms with van der Waals surface area (Å²) in [6, 6.07) is 5.48. The van der Waals surface area contributed by atoms with Crippen molar-refractivity contribution in [3.8, 4) is 5.75 Å². The standard InChI is InChI=1S/C15H18BrNO4/c1-3-6-15(2,14(19)20)17-13(18)11-8-21-12-5-4-9(16)7-10(11)12/h4-5,7,11H,3,6,8H2,1-2H3,(H,17,18)(H,19,20). The predicted octanol–water partition coefficient (Wildman–Crippen LogP) is 2.68. The van der Waals surface area contributed by atoms with Gasteiger partial charge in [0, 0.05) is 10.0 Å². The van der Waals surface area contributed by atoms with Crippen molar-refractivity contribution in [3.05, 3.63) is 28.2 Å². The molecule has 2 atom stereocenters. The van der Waals surface area contributed by atoms with Crippen LogP contribution in [0.5, 0.6) is 5.75 Å². The van der Waals surface area contributed by atoms with Crippen LogP contribution in [0, 0.1) is 0 Å². The fourth-order valence-electron chi connectivity index (χ4n) is 2.48. The maximum absolute atomic E-state index is 12.4. The Morgan fingerprint density at radius 1 is 1.52 bits per heavy atom. The number of nitrogens with one attached hydrogen (secondary N) is 1. The number of rotatable bonds is 5. The minimum Gasteiger partial charge on any atom is -0.492 e. The van der Waals surface area contributed by atoms with Crippen LogP contribution in [-0.4, -0.2) is 29.1 Å². The Hall–Kier alpha value is -1.56. The van der Waals surface area contributed by atoms with Gasteiger partial charge in [-0.1, -0.05) is 29.3 Å². The number of carboxylic acid groups (broad SMARTS) is 1. The van der Waals surface area contributed by atoms with Crippen molar-refractivity contribution >= 4 is 27.8 Å². The number of carbonyl (C=O) groups is 2. The highest BCUT2D eigenvalue weighted by Gasteiger charge is 2.38. The van der Waals surface area contributed by atoms with E-state index in [0.29, 0.717) is 18.6 Å². The van der Waals surface area contributed by atoms with Gasteiger partial charge in [0.1, 0.15) is 23.8 Å². The molecule has 1 aliphatic heterocycles.